The molecule has 39 heavy (non-hydrogen) atoms. The third kappa shape index (κ3) is 8.75. The van der Waals surface area contributed by atoms with E-state index >= 15 is 0 Å². The summed E-state index contributed by atoms with van der Waals surface area (Å²) < 4.78 is 52.0. The number of carbonyl (C=O) groups is 2. The average molecular weight is 556 g/mol. The summed E-state index contributed by atoms with van der Waals surface area (Å²) >= 11 is 0. The lowest BCUT2D eigenvalue weighted by molar-refractivity contribution is -0.158. The first-order chi connectivity index (χ1) is 17.9. The summed E-state index contributed by atoms with van der Waals surface area (Å²) in [7, 11) is 0. The third-order valence-corrected chi connectivity index (χ3v) is 7.22. The van der Waals surface area contributed by atoms with Crippen LogP contribution < -0.4 is 4.90 Å². The molecule has 1 aromatic rings. The van der Waals surface area contributed by atoms with Crippen molar-refractivity contribution in [1.29, 1.82) is 0 Å². The minimum Gasteiger partial charge on any atom is -0.459 e. The molecule has 2 aliphatic heterocycles. The molecule has 0 atom stereocenters. The lowest BCUT2D eigenvalue weighted by Crippen LogP contribution is -2.56. The number of piperidine rings is 1. The molecular weight excluding hydrogens is 511 g/mol. The van der Waals surface area contributed by atoms with Crippen LogP contribution >= 0.6 is 0 Å². The zero-order chi connectivity index (χ0) is 29.2. The smallest absolute Gasteiger partial charge is 0.416 e. The monoisotopic (exact) mass is 555 g/mol. The SMILES string of the molecule is CC(C)(C)OC(=O)CN(Cc1ccc(C(F)(F)F)cc1N1CCCC1)C1(C)CCN(C(=O)OC(C)(C)C)CC1. The fourth-order valence-electron chi connectivity index (χ4n) is 5.11. The molecule has 10 heteroatoms. The number of hydrogen-bond acceptors (Lipinski definition) is 6. The summed E-state index contributed by atoms with van der Waals surface area (Å²) in [6.45, 7) is 15.5. The first kappa shape index (κ1) is 31.0. The molecule has 2 saturated heterocycles. The summed E-state index contributed by atoms with van der Waals surface area (Å²) in [5.41, 5.74) is -1.13. The van der Waals surface area contributed by atoms with Crippen LogP contribution in [0.3, 0.4) is 0 Å². The first-order valence-corrected chi connectivity index (χ1v) is 13.8. The molecule has 3 rings (SSSR count). The van der Waals surface area contributed by atoms with E-state index in [0.29, 0.717) is 44.7 Å². The summed E-state index contributed by atoms with van der Waals surface area (Å²) in [4.78, 5) is 31.3. The third-order valence-electron chi connectivity index (χ3n) is 7.22. The van der Waals surface area contributed by atoms with Gasteiger partial charge < -0.3 is 19.3 Å². The van der Waals surface area contributed by atoms with E-state index in [1.807, 2.05) is 37.5 Å². The van der Waals surface area contributed by atoms with E-state index in [4.69, 9.17) is 9.47 Å². The van der Waals surface area contributed by atoms with Crippen LogP contribution in [0.25, 0.3) is 0 Å². The quantitative estimate of drug-likeness (QED) is 0.388. The van der Waals surface area contributed by atoms with Crippen LogP contribution in [0.2, 0.25) is 0 Å². The summed E-state index contributed by atoms with van der Waals surface area (Å²) in [5, 5.41) is 0. The van der Waals surface area contributed by atoms with E-state index < -0.39 is 34.5 Å². The Morgan fingerprint density at radius 2 is 1.49 bits per heavy atom. The molecule has 220 valence electrons. The van der Waals surface area contributed by atoms with Crippen molar-refractivity contribution in [3.63, 3.8) is 0 Å². The van der Waals surface area contributed by atoms with Gasteiger partial charge in [-0.25, -0.2) is 4.79 Å². The Morgan fingerprint density at radius 1 is 0.923 bits per heavy atom. The van der Waals surface area contributed by atoms with Gasteiger partial charge in [0.1, 0.15) is 11.2 Å². The second-order valence-electron chi connectivity index (χ2n) is 12.9. The largest absolute Gasteiger partial charge is 0.459 e. The van der Waals surface area contributed by atoms with Gasteiger partial charge in [-0.15, -0.1) is 0 Å². The lowest BCUT2D eigenvalue weighted by Gasteiger charge is -2.47. The van der Waals surface area contributed by atoms with E-state index in [0.717, 1.165) is 24.5 Å². The normalized spacial score (nSPS) is 18.4. The molecule has 1 aromatic carbocycles. The van der Waals surface area contributed by atoms with Crippen molar-refractivity contribution < 1.29 is 32.2 Å². The van der Waals surface area contributed by atoms with E-state index in [9.17, 15) is 22.8 Å². The van der Waals surface area contributed by atoms with Crippen LogP contribution in [0.1, 0.15) is 85.3 Å². The highest BCUT2D eigenvalue weighted by molar-refractivity contribution is 5.72. The van der Waals surface area contributed by atoms with Crippen LogP contribution in [-0.2, 0) is 27.0 Å². The molecule has 0 unspecified atom stereocenters. The van der Waals surface area contributed by atoms with Gasteiger partial charge in [0, 0.05) is 44.0 Å². The van der Waals surface area contributed by atoms with E-state index in [1.165, 1.54) is 12.1 Å². The van der Waals surface area contributed by atoms with Gasteiger partial charge in [-0.3, -0.25) is 9.69 Å². The molecule has 2 fully saturated rings. The first-order valence-electron chi connectivity index (χ1n) is 13.8. The molecule has 0 N–H and O–H groups in total. The predicted octanol–water partition coefficient (Wildman–Crippen LogP) is 6.24. The number of ether oxygens (including phenoxy) is 2. The van der Waals surface area contributed by atoms with Gasteiger partial charge in [-0.2, -0.15) is 13.2 Å². The molecule has 0 aliphatic carbocycles. The molecular formula is C29H44F3N3O4. The number of alkyl halides is 3. The molecule has 0 saturated carbocycles. The van der Waals surface area contributed by atoms with Crippen LogP contribution in [0.4, 0.5) is 23.7 Å². The van der Waals surface area contributed by atoms with Gasteiger partial charge in [0.2, 0.25) is 0 Å². The number of amides is 1. The Balaban J connectivity index is 1.89. The van der Waals surface area contributed by atoms with Gasteiger partial charge in [-0.1, -0.05) is 6.07 Å². The highest BCUT2D eigenvalue weighted by Gasteiger charge is 2.40. The number of hydrogen-bond donors (Lipinski definition) is 0. The molecule has 0 aromatic heterocycles. The Kier molecular flexibility index (Phi) is 9.19. The summed E-state index contributed by atoms with van der Waals surface area (Å²) in [6.07, 6.45) is -1.81. The Hall–Kier alpha value is -2.49. The van der Waals surface area contributed by atoms with Crippen LogP contribution in [0.15, 0.2) is 18.2 Å². The molecule has 2 aliphatic rings. The molecule has 7 nitrogen and oxygen atoms in total. The van der Waals surface area contributed by atoms with Crippen molar-refractivity contribution in [2.24, 2.45) is 0 Å². The maximum Gasteiger partial charge on any atom is 0.416 e. The molecule has 0 radical (unpaired) electrons. The van der Waals surface area contributed by atoms with E-state index in [2.05, 4.69) is 0 Å². The van der Waals surface area contributed by atoms with Gasteiger partial charge >= 0.3 is 18.2 Å². The minimum absolute atomic E-state index is 0.0132. The second kappa shape index (κ2) is 11.6. The van der Waals surface area contributed by atoms with E-state index in [-0.39, 0.29) is 19.2 Å². The fraction of sp³-hybridized carbons (Fsp3) is 0.724. The number of anilines is 1. The van der Waals surface area contributed by atoms with E-state index in [1.54, 1.807) is 25.7 Å². The van der Waals surface area contributed by atoms with Crippen molar-refractivity contribution >= 4 is 17.7 Å². The molecule has 1 amide bonds. The topological polar surface area (TPSA) is 62.3 Å². The zero-order valence-electron chi connectivity index (χ0n) is 24.4. The maximum atomic E-state index is 13.6. The highest BCUT2D eigenvalue weighted by atomic mass is 19.4. The van der Waals surface area contributed by atoms with Crippen molar-refractivity contribution in [2.45, 2.75) is 104 Å². The standard InChI is InChI=1S/C29H44F3N3O4/c1-26(2,3)38-24(36)20-35(28(7)12-16-34(17-13-28)25(37)39-27(4,5)6)19-21-10-11-22(29(30,31)32)18-23(21)33-14-8-9-15-33/h10-11,18H,8-9,12-17,19-20H2,1-7H3. The molecule has 2 heterocycles. The number of likely N-dealkylation sites (tertiary alicyclic amines) is 1. The van der Waals surface area contributed by atoms with Crippen molar-refractivity contribution in [1.82, 2.24) is 9.80 Å². The number of rotatable bonds is 6. The Bertz CT molecular complexity index is 1020. The number of benzene rings is 1. The Labute approximate surface area is 230 Å². The lowest BCUT2D eigenvalue weighted by atomic mass is 9.87. The van der Waals surface area contributed by atoms with Crippen molar-refractivity contribution in [3.8, 4) is 0 Å². The summed E-state index contributed by atoms with van der Waals surface area (Å²) in [5.74, 6) is -0.395. The fourth-order valence-corrected chi connectivity index (χ4v) is 5.11. The average Bonchev–Trinajstić information content (AvgIpc) is 3.31. The van der Waals surface area contributed by atoms with Gasteiger partial charge in [-0.05, 0) is 91.8 Å². The van der Waals surface area contributed by atoms with Crippen molar-refractivity contribution in [3.05, 3.63) is 29.3 Å². The minimum atomic E-state index is -4.44. The Morgan fingerprint density at radius 3 is 2.00 bits per heavy atom. The number of halogens is 3. The van der Waals surface area contributed by atoms with Crippen LogP contribution in [0, 0.1) is 0 Å². The predicted molar refractivity (Wildman–Crippen MR) is 145 cm³/mol. The number of esters is 1. The number of nitrogens with zero attached hydrogens (tertiary/aromatic N) is 3. The van der Waals surface area contributed by atoms with Gasteiger partial charge in [0.15, 0.2) is 0 Å². The van der Waals surface area contributed by atoms with Gasteiger partial charge in [0.05, 0.1) is 12.1 Å². The summed E-state index contributed by atoms with van der Waals surface area (Å²) in [6, 6.07) is 3.89. The maximum absolute atomic E-state index is 13.6. The second-order valence-corrected chi connectivity index (χ2v) is 12.9. The highest BCUT2D eigenvalue weighted by Crippen LogP contribution is 2.37. The van der Waals surface area contributed by atoms with Gasteiger partial charge in [0.25, 0.3) is 0 Å². The van der Waals surface area contributed by atoms with Crippen LogP contribution in [0.5, 0.6) is 0 Å². The number of carbonyl (C=O) groups excluding carboxylic acids is 2. The molecule has 0 bridgehead atoms. The van der Waals surface area contributed by atoms with Crippen molar-refractivity contribution in [2.75, 3.05) is 37.6 Å². The van der Waals surface area contributed by atoms with Crippen LogP contribution in [-0.4, -0.2) is 71.3 Å². The molecule has 0 spiro atoms. The zero-order valence-corrected chi connectivity index (χ0v) is 24.4.